The first-order valence-electron chi connectivity index (χ1n) is 6.98. The Hall–Kier alpha value is -1.28. The summed E-state index contributed by atoms with van der Waals surface area (Å²) < 4.78 is 2.38. The number of benzene rings is 1. The van der Waals surface area contributed by atoms with Gasteiger partial charge in [-0.1, -0.05) is 18.6 Å². The molecule has 18 heavy (non-hydrogen) atoms. The average molecular weight is 243 g/mol. The van der Waals surface area contributed by atoms with Gasteiger partial charge in [-0.25, -0.2) is 0 Å². The zero-order chi connectivity index (χ0) is 12.5. The monoisotopic (exact) mass is 243 g/mol. The highest BCUT2D eigenvalue weighted by Crippen LogP contribution is 2.29. The third-order valence-electron chi connectivity index (χ3n) is 4.05. The van der Waals surface area contributed by atoms with E-state index in [1.807, 2.05) is 6.92 Å². The second kappa shape index (κ2) is 4.77. The van der Waals surface area contributed by atoms with Gasteiger partial charge in [-0.05, 0) is 55.2 Å². The van der Waals surface area contributed by atoms with Crippen molar-refractivity contribution in [3.63, 3.8) is 0 Å². The van der Waals surface area contributed by atoms with Gasteiger partial charge in [-0.15, -0.1) is 0 Å². The molecule has 0 aliphatic heterocycles. The molecule has 2 nitrogen and oxygen atoms in total. The molecule has 1 aromatic heterocycles. The zero-order valence-electron chi connectivity index (χ0n) is 11.0. The highest BCUT2D eigenvalue weighted by atomic mass is 16.3. The van der Waals surface area contributed by atoms with Crippen molar-refractivity contribution in [2.75, 3.05) is 0 Å². The first kappa shape index (κ1) is 11.8. The average Bonchev–Trinajstić information content (AvgIpc) is 2.65. The Morgan fingerprint density at radius 2 is 2.17 bits per heavy atom. The number of hydrogen-bond donors (Lipinski definition) is 1. The van der Waals surface area contributed by atoms with E-state index in [9.17, 15) is 5.11 Å². The largest absolute Gasteiger partial charge is 0.393 e. The van der Waals surface area contributed by atoms with Crippen LogP contribution in [0.5, 0.6) is 0 Å². The van der Waals surface area contributed by atoms with Crippen molar-refractivity contribution in [2.24, 2.45) is 5.92 Å². The zero-order valence-corrected chi connectivity index (χ0v) is 11.0. The molecule has 1 heterocycles. The molecule has 1 aliphatic carbocycles. The van der Waals surface area contributed by atoms with Crippen LogP contribution < -0.4 is 0 Å². The van der Waals surface area contributed by atoms with Crippen LogP contribution in [0.3, 0.4) is 0 Å². The Morgan fingerprint density at radius 3 is 2.83 bits per heavy atom. The van der Waals surface area contributed by atoms with Crippen LogP contribution in [0.2, 0.25) is 0 Å². The lowest BCUT2D eigenvalue weighted by Crippen LogP contribution is -2.17. The van der Waals surface area contributed by atoms with Gasteiger partial charge >= 0.3 is 0 Å². The molecular formula is C16H21NO. The van der Waals surface area contributed by atoms with Crippen LogP contribution in [0.25, 0.3) is 10.9 Å². The van der Waals surface area contributed by atoms with Gasteiger partial charge in [-0.3, -0.25) is 0 Å². The summed E-state index contributed by atoms with van der Waals surface area (Å²) in [6.45, 7) is 3.00. The van der Waals surface area contributed by atoms with Crippen LogP contribution >= 0.6 is 0 Å². The number of nitrogens with zero attached hydrogens (tertiary/aromatic N) is 1. The van der Waals surface area contributed by atoms with E-state index in [1.165, 1.54) is 35.7 Å². The minimum absolute atomic E-state index is 0.266. The summed E-state index contributed by atoms with van der Waals surface area (Å²) in [7, 11) is 0. The van der Waals surface area contributed by atoms with Crippen molar-refractivity contribution in [3.8, 4) is 0 Å². The molecule has 1 fully saturated rings. The van der Waals surface area contributed by atoms with Crippen LogP contribution in [0.4, 0.5) is 0 Å². The lowest BCUT2D eigenvalue weighted by Gasteiger charge is -2.26. The molecule has 96 valence electrons. The highest BCUT2D eigenvalue weighted by molar-refractivity contribution is 5.80. The Kier molecular flexibility index (Phi) is 3.13. The van der Waals surface area contributed by atoms with Gasteiger partial charge in [0.25, 0.3) is 0 Å². The number of aliphatic hydroxyl groups is 1. The van der Waals surface area contributed by atoms with Crippen LogP contribution in [-0.4, -0.2) is 15.8 Å². The molecule has 0 radical (unpaired) electrons. The molecule has 0 bridgehead atoms. The van der Waals surface area contributed by atoms with Gasteiger partial charge in [0.15, 0.2) is 0 Å². The summed E-state index contributed by atoms with van der Waals surface area (Å²) in [4.78, 5) is 0. The fraction of sp³-hybridized carbons (Fsp3) is 0.500. The van der Waals surface area contributed by atoms with E-state index in [0.29, 0.717) is 0 Å². The van der Waals surface area contributed by atoms with Gasteiger partial charge in [0.05, 0.1) is 6.10 Å². The molecule has 1 saturated carbocycles. The van der Waals surface area contributed by atoms with E-state index in [2.05, 4.69) is 35.0 Å². The third-order valence-corrected chi connectivity index (χ3v) is 4.05. The SMILES string of the molecule is CC(O)Cc1ccc2ccn(CC3CCC3)c2c1. The first-order valence-corrected chi connectivity index (χ1v) is 6.98. The minimum Gasteiger partial charge on any atom is -0.393 e. The lowest BCUT2D eigenvalue weighted by atomic mass is 9.85. The normalized spacial score (nSPS) is 17.9. The molecule has 2 heteroatoms. The van der Waals surface area contributed by atoms with Gasteiger partial charge in [0.2, 0.25) is 0 Å². The maximum Gasteiger partial charge on any atom is 0.0552 e. The lowest BCUT2D eigenvalue weighted by molar-refractivity contribution is 0.195. The molecule has 1 aromatic carbocycles. The van der Waals surface area contributed by atoms with Gasteiger partial charge in [-0.2, -0.15) is 0 Å². The third kappa shape index (κ3) is 2.30. The molecule has 0 amide bonds. The molecule has 2 aromatic rings. The number of hydrogen-bond acceptors (Lipinski definition) is 1. The highest BCUT2D eigenvalue weighted by Gasteiger charge is 2.18. The Labute approximate surface area is 108 Å². The van der Waals surface area contributed by atoms with Crippen LogP contribution in [0.1, 0.15) is 31.7 Å². The Bertz CT molecular complexity index is 537. The van der Waals surface area contributed by atoms with Crippen molar-refractivity contribution < 1.29 is 5.11 Å². The van der Waals surface area contributed by atoms with E-state index in [4.69, 9.17) is 0 Å². The number of fused-ring (bicyclic) bond motifs is 1. The summed E-state index contributed by atoms with van der Waals surface area (Å²) in [6.07, 6.45) is 6.84. The standard InChI is InChI=1S/C16H21NO/c1-12(18)9-14-5-6-15-7-8-17(16(15)10-14)11-13-3-2-4-13/h5-8,10,12-13,18H,2-4,9,11H2,1H3. The molecule has 1 unspecified atom stereocenters. The molecule has 3 rings (SSSR count). The second-order valence-corrected chi connectivity index (χ2v) is 5.71. The number of aromatic nitrogens is 1. The molecule has 0 saturated heterocycles. The summed E-state index contributed by atoms with van der Waals surface area (Å²) in [6, 6.07) is 8.73. The summed E-state index contributed by atoms with van der Waals surface area (Å²) >= 11 is 0. The van der Waals surface area contributed by atoms with Crippen LogP contribution in [0, 0.1) is 5.92 Å². The summed E-state index contributed by atoms with van der Waals surface area (Å²) in [5.74, 6) is 0.876. The van der Waals surface area contributed by atoms with E-state index >= 15 is 0 Å². The number of aliphatic hydroxyl groups excluding tert-OH is 1. The summed E-state index contributed by atoms with van der Waals surface area (Å²) in [5.41, 5.74) is 2.55. The van der Waals surface area contributed by atoms with Crippen molar-refractivity contribution in [1.29, 1.82) is 0 Å². The topological polar surface area (TPSA) is 25.2 Å². The smallest absolute Gasteiger partial charge is 0.0552 e. The molecule has 1 atom stereocenters. The second-order valence-electron chi connectivity index (χ2n) is 5.71. The van der Waals surface area contributed by atoms with E-state index in [1.54, 1.807) is 0 Å². The predicted octanol–water partition coefficient (Wildman–Crippen LogP) is 3.36. The molecular weight excluding hydrogens is 222 g/mol. The first-order chi connectivity index (χ1) is 8.72. The number of rotatable bonds is 4. The predicted molar refractivity (Wildman–Crippen MR) is 74.7 cm³/mol. The Balaban J connectivity index is 1.88. The van der Waals surface area contributed by atoms with Crippen molar-refractivity contribution in [1.82, 2.24) is 4.57 Å². The fourth-order valence-corrected chi connectivity index (χ4v) is 2.81. The van der Waals surface area contributed by atoms with Crippen molar-refractivity contribution in [2.45, 2.75) is 45.3 Å². The van der Waals surface area contributed by atoms with Crippen molar-refractivity contribution in [3.05, 3.63) is 36.0 Å². The van der Waals surface area contributed by atoms with Crippen LogP contribution in [-0.2, 0) is 13.0 Å². The van der Waals surface area contributed by atoms with Crippen LogP contribution in [0.15, 0.2) is 30.5 Å². The summed E-state index contributed by atoms with van der Waals surface area (Å²) in [5, 5.41) is 10.8. The Morgan fingerprint density at radius 1 is 1.33 bits per heavy atom. The molecule has 1 aliphatic rings. The fourth-order valence-electron chi connectivity index (χ4n) is 2.81. The maximum atomic E-state index is 9.48. The van der Waals surface area contributed by atoms with E-state index < -0.39 is 0 Å². The maximum absolute atomic E-state index is 9.48. The van der Waals surface area contributed by atoms with Gasteiger partial charge in [0.1, 0.15) is 0 Å². The van der Waals surface area contributed by atoms with Gasteiger partial charge in [0, 0.05) is 18.3 Å². The van der Waals surface area contributed by atoms with Crippen molar-refractivity contribution >= 4 is 10.9 Å². The van der Waals surface area contributed by atoms with Gasteiger partial charge < -0.3 is 9.67 Å². The minimum atomic E-state index is -0.266. The quantitative estimate of drug-likeness (QED) is 0.875. The molecule has 0 spiro atoms. The van der Waals surface area contributed by atoms with E-state index in [-0.39, 0.29) is 6.10 Å². The molecule has 1 N–H and O–H groups in total. The van der Waals surface area contributed by atoms with E-state index in [0.717, 1.165) is 18.9 Å².